The predicted molar refractivity (Wildman–Crippen MR) is 121 cm³/mol. The van der Waals surface area contributed by atoms with Crippen LogP contribution in [0.15, 0.2) is 71.5 Å². The van der Waals surface area contributed by atoms with Crippen LogP contribution in [0.3, 0.4) is 0 Å². The molecule has 0 atom stereocenters. The van der Waals surface area contributed by atoms with E-state index in [1.165, 1.54) is 0 Å². The molecule has 1 aliphatic rings. The third kappa shape index (κ3) is 3.41. The van der Waals surface area contributed by atoms with Crippen LogP contribution < -0.4 is 5.56 Å². The Hall–Kier alpha value is -2.76. The number of rotatable bonds is 3. The molecular weight excluding hydrogens is 378 g/mol. The second-order valence-corrected chi connectivity index (χ2v) is 8.74. The number of hydrogen-bond donors (Lipinski definition) is 0. The van der Waals surface area contributed by atoms with E-state index in [9.17, 15) is 4.79 Å². The molecule has 4 nitrogen and oxygen atoms in total. The molecule has 3 heterocycles. The van der Waals surface area contributed by atoms with Gasteiger partial charge in [-0.2, -0.15) is 0 Å². The molecule has 146 valence electrons. The second-order valence-electron chi connectivity index (χ2n) is 7.71. The molecule has 0 aliphatic carbocycles. The number of piperidine rings is 1. The van der Waals surface area contributed by atoms with Crippen molar-refractivity contribution >= 4 is 21.6 Å². The molecule has 0 saturated carbocycles. The highest BCUT2D eigenvalue weighted by Gasteiger charge is 2.25. The SMILES string of the molecule is CN1CCC(n2c(-c3ccccc3)nc3sc(-c4ccccc4)cc3c2=O)CC1. The van der Waals surface area contributed by atoms with Gasteiger partial charge in [-0.3, -0.25) is 9.36 Å². The highest BCUT2D eigenvalue weighted by atomic mass is 32.1. The maximum absolute atomic E-state index is 13.7. The number of hydrogen-bond acceptors (Lipinski definition) is 4. The molecule has 4 aromatic rings. The van der Waals surface area contributed by atoms with Gasteiger partial charge in [0.2, 0.25) is 0 Å². The standard InChI is InChI=1S/C24H23N3OS/c1-26-14-12-19(13-15-26)27-22(18-10-6-3-7-11-18)25-23-20(24(27)28)16-21(29-23)17-8-4-2-5-9-17/h2-11,16,19H,12-15H2,1H3. The van der Waals surface area contributed by atoms with Crippen molar-refractivity contribution in [1.29, 1.82) is 0 Å². The molecule has 29 heavy (non-hydrogen) atoms. The van der Waals surface area contributed by atoms with Crippen molar-refractivity contribution in [3.8, 4) is 21.8 Å². The van der Waals surface area contributed by atoms with Gasteiger partial charge in [0.15, 0.2) is 0 Å². The van der Waals surface area contributed by atoms with E-state index in [2.05, 4.69) is 24.1 Å². The van der Waals surface area contributed by atoms with E-state index >= 15 is 0 Å². The molecule has 0 amide bonds. The highest BCUT2D eigenvalue weighted by molar-refractivity contribution is 7.21. The number of aromatic nitrogens is 2. The molecule has 0 N–H and O–H groups in total. The van der Waals surface area contributed by atoms with Crippen LogP contribution in [0.25, 0.3) is 32.0 Å². The molecule has 0 radical (unpaired) electrons. The third-order valence-electron chi connectivity index (χ3n) is 5.74. The van der Waals surface area contributed by atoms with Crippen molar-refractivity contribution < 1.29 is 0 Å². The van der Waals surface area contributed by atoms with Crippen LogP contribution in [0.5, 0.6) is 0 Å². The number of benzene rings is 2. The van der Waals surface area contributed by atoms with Gasteiger partial charge in [-0.05, 0) is 44.6 Å². The number of thiophene rings is 1. The van der Waals surface area contributed by atoms with Crippen molar-refractivity contribution in [3.05, 3.63) is 77.1 Å². The summed E-state index contributed by atoms with van der Waals surface area (Å²) < 4.78 is 1.96. The van der Waals surface area contributed by atoms with Crippen LogP contribution >= 0.6 is 11.3 Å². The zero-order chi connectivity index (χ0) is 19.8. The van der Waals surface area contributed by atoms with E-state index in [0.29, 0.717) is 0 Å². The Morgan fingerprint density at radius 1 is 0.931 bits per heavy atom. The van der Waals surface area contributed by atoms with Crippen molar-refractivity contribution in [3.63, 3.8) is 0 Å². The minimum Gasteiger partial charge on any atom is -0.306 e. The van der Waals surface area contributed by atoms with E-state index in [-0.39, 0.29) is 11.6 Å². The number of nitrogens with zero attached hydrogens (tertiary/aromatic N) is 3. The van der Waals surface area contributed by atoms with Gasteiger partial charge in [-0.15, -0.1) is 11.3 Å². The summed E-state index contributed by atoms with van der Waals surface area (Å²) in [6.07, 6.45) is 1.94. The van der Waals surface area contributed by atoms with Gasteiger partial charge in [-0.25, -0.2) is 4.98 Å². The van der Waals surface area contributed by atoms with Crippen molar-refractivity contribution in [2.24, 2.45) is 0 Å². The van der Waals surface area contributed by atoms with E-state index in [0.717, 1.165) is 58.0 Å². The van der Waals surface area contributed by atoms with Gasteiger partial charge in [0.1, 0.15) is 10.7 Å². The fraction of sp³-hybridized carbons (Fsp3) is 0.250. The van der Waals surface area contributed by atoms with E-state index in [1.807, 2.05) is 59.2 Å². The fourth-order valence-electron chi connectivity index (χ4n) is 4.12. The van der Waals surface area contributed by atoms with Crippen LogP contribution in [0.2, 0.25) is 0 Å². The molecule has 2 aromatic carbocycles. The lowest BCUT2D eigenvalue weighted by Crippen LogP contribution is -2.36. The molecule has 5 rings (SSSR count). The zero-order valence-electron chi connectivity index (χ0n) is 16.4. The Balaban J connectivity index is 1.72. The van der Waals surface area contributed by atoms with Crippen LogP contribution in [-0.2, 0) is 0 Å². The maximum atomic E-state index is 13.7. The second kappa shape index (κ2) is 7.58. The Labute approximate surface area is 174 Å². The van der Waals surface area contributed by atoms with Crippen molar-refractivity contribution in [2.75, 3.05) is 20.1 Å². The monoisotopic (exact) mass is 401 g/mol. The number of fused-ring (bicyclic) bond motifs is 1. The lowest BCUT2D eigenvalue weighted by atomic mass is 10.0. The Morgan fingerprint density at radius 2 is 1.55 bits per heavy atom. The van der Waals surface area contributed by atoms with E-state index < -0.39 is 0 Å². The van der Waals surface area contributed by atoms with Gasteiger partial charge < -0.3 is 4.90 Å². The minimum atomic E-state index is 0.0850. The van der Waals surface area contributed by atoms with Gasteiger partial charge in [0.25, 0.3) is 5.56 Å². The molecule has 0 bridgehead atoms. The molecule has 5 heteroatoms. The summed E-state index contributed by atoms with van der Waals surface area (Å²) in [6.45, 7) is 2.00. The lowest BCUT2D eigenvalue weighted by Gasteiger charge is -2.31. The summed E-state index contributed by atoms with van der Waals surface area (Å²) >= 11 is 1.60. The van der Waals surface area contributed by atoms with Crippen molar-refractivity contribution in [2.45, 2.75) is 18.9 Å². The van der Waals surface area contributed by atoms with Crippen LogP contribution in [0.1, 0.15) is 18.9 Å². The third-order valence-corrected chi connectivity index (χ3v) is 6.82. The smallest absolute Gasteiger partial charge is 0.262 e. The summed E-state index contributed by atoms with van der Waals surface area (Å²) in [4.78, 5) is 22.9. The summed E-state index contributed by atoms with van der Waals surface area (Å²) in [7, 11) is 2.14. The van der Waals surface area contributed by atoms with Gasteiger partial charge in [0, 0.05) is 16.5 Å². The first-order valence-electron chi connectivity index (χ1n) is 10.1. The van der Waals surface area contributed by atoms with Crippen LogP contribution in [-0.4, -0.2) is 34.6 Å². The first-order valence-corrected chi connectivity index (χ1v) is 10.9. The molecule has 0 unspecified atom stereocenters. The largest absolute Gasteiger partial charge is 0.306 e. The summed E-state index contributed by atoms with van der Waals surface area (Å²) in [6, 6.07) is 22.5. The van der Waals surface area contributed by atoms with E-state index in [1.54, 1.807) is 11.3 Å². The number of likely N-dealkylation sites (tertiary alicyclic amines) is 1. The topological polar surface area (TPSA) is 38.1 Å². The van der Waals surface area contributed by atoms with Gasteiger partial charge in [-0.1, -0.05) is 60.7 Å². The molecule has 1 fully saturated rings. The maximum Gasteiger partial charge on any atom is 0.262 e. The summed E-state index contributed by atoms with van der Waals surface area (Å²) in [5, 5.41) is 0.729. The first-order chi connectivity index (χ1) is 14.2. The molecule has 0 spiro atoms. The Kier molecular flexibility index (Phi) is 4.78. The normalized spacial score (nSPS) is 15.8. The summed E-state index contributed by atoms with van der Waals surface area (Å²) in [5.74, 6) is 0.791. The average Bonchev–Trinajstić information content (AvgIpc) is 3.21. The van der Waals surface area contributed by atoms with E-state index in [4.69, 9.17) is 4.98 Å². The predicted octanol–water partition coefficient (Wildman–Crippen LogP) is 5.06. The molecule has 1 saturated heterocycles. The van der Waals surface area contributed by atoms with Crippen LogP contribution in [0, 0.1) is 0 Å². The highest BCUT2D eigenvalue weighted by Crippen LogP contribution is 2.34. The lowest BCUT2D eigenvalue weighted by molar-refractivity contribution is 0.219. The molecular formula is C24H23N3OS. The zero-order valence-corrected chi connectivity index (χ0v) is 17.2. The quantitative estimate of drug-likeness (QED) is 0.482. The summed E-state index contributed by atoms with van der Waals surface area (Å²) in [5.41, 5.74) is 2.21. The minimum absolute atomic E-state index is 0.0850. The Bertz CT molecular complexity index is 1190. The Morgan fingerprint density at radius 3 is 2.21 bits per heavy atom. The van der Waals surface area contributed by atoms with Crippen LogP contribution in [0.4, 0.5) is 0 Å². The molecule has 2 aromatic heterocycles. The van der Waals surface area contributed by atoms with Gasteiger partial charge >= 0.3 is 0 Å². The first kappa shape index (κ1) is 18.3. The van der Waals surface area contributed by atoms with Gasteiger partial charge in [0.05, 0.1) is 5.39 Å². The van der Waals surface area contributed by atoms with Crippen molar-refractivity contribution in [1.82, 2.24) is 14.5 Å². The molecule has 1 aliphatic heterocycles. The average molecular weight is 402 g/mol. The fourth-order valence-corrected chi connectivity index (χ4v) is 5.15.